The number of imide groups is 1. The highest BCUT2D eigenvalue weighted by molar-refractivity contribution is 5.85. The molecule has 0 bridgehead atoms. The zero-order valence-corrected chi connectivity index (χ0v) is 8.86. The zero-order chi connectivity index (χ0) is 11.4. The van der Waals surface area contributed by atoms with Crippen molar-refractivity contribution in [3.8, 4) is 0 Å². The van der Waals surface area contributed by atoms with E-state index in [2.05, 4.69) is 4.74 Å². The van der Waals surface area contributed by atoms with Gasteiger partial charge in [-0.15, -0.1) is 0 Å². The van der Waals surface area contributed by atoms with E-state index < -0.39 is 0 Å². The van der Waals surface area contributed by atoms with Gasteiger partial charge in [0.1, 0.15) is 0 Å². The highest BCUT2D eigenvalue weighted by Crippen LogP contribution is 1.94. The van der Waals surface area contributed by atoms with Gasteiger partial charge in [0.05, 0.1) is 0 Å². The molecule has 0 aromatic heterocycles. The van der Waals surface area contributed by atoms with Gasteiger partial charge in [0.15, 0.2) is 6.73 Å². The zero-order valence-electron chi connectivity index (χ0n) is 8.86. The molecular weight excluding hydrogens is 186 g/mol. The number of hydrogen-bond acceptors (Lipinski definition) is 4. The van der Waals surface area contributed by atoms with Crippen molar-refractivity contribution in [2.24, 2.45) is 0 Å². The molecular formula is C9H17NO4. The number of nitrogens with zero attached hydrogens (tertiary/aromatic N) is 1. The molecule has 82 valence electrons. The highest BCUT2D eigenvalue weighted by Gasteiger charge is 2.10. The molecule has 2 amide bonds. The number of amides is 2. The summed E-state index contributed by atoms with van der Waals surface area (Å²) in [6.07, 6.45) is 1.28. The summed E-state index contributed by atoms with van der Waals surface area (Å²) in [4.78, 5) is 31.8. The van der Waals surface area contributed by atoms with E-state index in [-0.39, 0.29) is 25.5 Å². The molecule has 0 atom stereocenters. The number of hydrogen-bond donors (Lipinski definition) is 0. The maximum atomic E-state index is 11.0. The van der Waals surface area contributed by atoms with Crippen molar-refractivity contribution in [3.05, 3.63) is 0 Å². The molecule has 0 rings (SSSR count). The van der Waals surface area contributed by atoms with Crippen LogP contribution in [0, 0.1) is 0 Å². The third kappa shape index (κ3) is 7.27. The molecule has 0 aromatic rings. The van der Waals surface area contributed by atoms with Crippen LogP contribution < -0.4 is 0 Å². The summed E-state index contributed by atoms with van der Waals surface area (Å²) in [5, 5.41) is 0. The fourth-order valence-corrected chi connectivity index (χ4v) is 0.629. The number of ether oxygens (including phenoxy) is 1. The Morgan fingerprint density at radius 2 is 1.93 bits per heavy atom. The summed E-state index contributed by atoms with van der Waals surface area (Å²) < 4.78 is 4.25. The van der Waals surface area contributed by atoms with Crippen LogP contribution in [0.4, 0.5) is 0 Å². The molecule has 0 heterocycles. The van der Waals surface area contributed by atoms with Gasteiger partial charge in [0, 0.05) is 6.42 Å². The van der Waals surface area contributed by atoms with E-state index >= 15 is 0 Å². The Morgan fingerprint density at radius 3 is 2.29 bits per heavy atom. The minimum Gasteiger partial charge on any atom is -0.446 e. The Kier molecular flexibility index (Phi) is 12.5. The van der Waals surface area contributed by atoms with Crippen molar-refractivity contribution in [1.29, 1.82) is 0 Å². The maximum absolute atomic E-state index is 11.0. The van der Waals surface area contributed by atoms with Gasteiger partial charge < -0.3 is 4.74 Å². The van der Waals surface area contributed by atoms with Crippen molar-refractivity contribution >= 4 is 18.8 Å². The van der Waals surface area contributed by atoms with E-state index in [1.165, 1.54) is 0 Å². The van der Waals surface area contributed by atoms with Crippen LogP contribution in [0.25, 0.3) is 0 Å². The van der Waals surface area contributed by atoms with Crippen molar-refractivity contribution in [2.75, 3.05) is 6.73 Å². The third-order valence-corrected chi connectivity index (χ3v) is 1.19. The Balaban J connectivity index is 0. The van der Waals surface area contributed by atoms with Crippen LogP contribution in [0.1, 0.15) is 33.6 Å². The topological polar surface area (TPSA) is 63.7 Å². The first-order valence-corrected chi connectivity index (χ1v) is 4.56. The number of rotatable bonds is 6. The van der Waals surface area contributed by atoms with Crippen LogP contribution >= 0.6 is 0 Å². The van der Waals surface area contributed by atoms with Crippen molar-refractivity contribution in [2.45, 2.75) is 33.6 Å². The number of carbonyl (C=O) groups excluding carboxylic acids is 3. The molecule has 0 fully saturated rings. The first kappa shape index (κ1) is 15.1. The van der Waals surface area contributed by atoms with Crippen LogP contribution in [0.5, 0.6) is 0 Å². The second-order valence-corrected chi connectivity index (χ2v) is 2.11. The van der Waals surface area contributed by atoms with Gasteiger partial charge in [-0.2, -0.15) is 0 Å². The molecule has 0 aliphatic rings. The van der Waals surface area contributed by atoms with E-state index in [4.69, 9.17) is 0 Å². The largest absolute Gasteiger partial charge is 0.446 e. The number of carbonyl (C=O) groups is 3. The summed E-state index contributed by atoms with van der Waals surface area (Å²) in [7, 11) is 0. The van der Waals surface area contributed by atoms with Crippen LogP contribution in [0.3, 0.4) is 0 Å². The molecule has 0 saturated carbocycles. The smallest absolute Gasteiger partial charge is 0.294 e. The molecule has 0 aliphatic heterocycles. The van der Waals surface area contributed by atoms with Crippen LogP contribution in [-0.4, -0.2) is 30.4 Å². The first-order chi connectivity index (χ1) is 6.76. The van der Waals surface area contributed by atoms with Crippen molar-refractivity contribution in [3.63, 3.8) is 0 Å². The monoisotopic (exact) mass is 203 g/mol. The van der Waals surface area contributed by atoms with E-state index in [0.29, 0.717) is 12.8 Å². The standard InChI is InChI=1S/C7H11NO4.C2H6/c1-2-3-7(11)8(4-9)5-12-6-10;1-2/h4,6H,2-3,5H2,1H3;1-2H3. The lowest BCUT2D eigenvalue weighted by molar-refractivity contribution is -0.147. The van der Waals surface area contributed by atoms with Gasteiger partial charge in [-0.05, 0) is 6.42 Å². The van der Waals surface area contributed by atoms with E-state index in [1.54, 1.807) is 0 Å². The SMILES string of the molecule is CC.CCCC(=O)N(C=O)COC=O. The first-order valence-electron chi connectivity index (χ1n) is 4.56. The lowest BCUT2D eigenvalue weighted by Gasteiger charge is -2.12. The minimum absolute atomic E-state index is 0.190. The lowest BCUT2D eigenvalue weighted by Crippen LogP contribution is -2.31. The quantitative estimate of drug-likeness (QED) is 0.476. The second kappa shape index (κ2) is 11.6. The molecule has 0 spiro atoms. The molecule has 0 N–H and O–H groups in total. The van der Waals surface area contributed by atoms with E-state index in [9.17, 15) is 14.4 Å². The predicted molar refractivity (Wildman–Crippen MR) is 51.2 cm³/mol. The van der Waals surface area contributed by atoms with Gasteiger partial charge in [0.2, 0.25) is 12.3 Å². The van der Waals surface area contributed by atoms with Gasteiger partial charge in [-0.3, -0.25) is 19.3 Å². The predicted octanol–water partition coefficient (Wildman–Crippen LogP) is 0.928. The van der Waals surface area contributed by atoms with Gasteiger partial charge in [-0.25, -0.2) is 0 Å². The Labute approximate surface area is 84.0 Å². The molecule has 5 heteroatoms. The molecule has 0 radical (unpaired) electrons. The summed E-state index contributed by atoms with van der Waals surface area (Å²) in [5.41, 5.74) is 0. The minimum atomic E-state index is -0.339. The highest BCUT2D eigenvalue weighted by atomic mass is 16.5. The summed E-state index contributed by atoms with van der Waals surface area (Å²) in [6.45, 7) is 5.71. The second-order valence-electron chi connectivity index (χ2n) is 2.11. The Bertz CT molecular complexity index is 170. The van der Waals surface area contributed by atoms with Gasteiger partial charge in [0.25, 0.3) is 6.47 Å². The summed E-state index contributed by atoms with van der Waals surface area (Å²) >= 11 is 0. The van der Waals surface area contributed by atoms with Crippen LogP contribution in [0.15, 0.2) is 0 Å². The summed E-state index contributed by atoms with van der Waals surface area (Å²) in [6, 6.07) is 0. The van der Waals surface area contributed by atoms with E-state index in [0.717, 1.165) is 4.90 Å². The van der Waals surface area contributed by atoms with E-state index in [1.807, 2.05) is 20.8 Å². The Hall–Kier alpha value is -1.39. The normalized spacial score (nSPS) is 7.93. The molecule has 0 aromatic carbocycles. The molecule has 0 unspecified atom stereocenters. The molecule has 14 heavy (non-hydrogen) atoms. The van der Waals surface area contributed by atoms with Crippen molar-refractivity contribution < 1.29 is 19.1 Å². The Morgan fingerprint density at radius 1 is 1.36 bits per heavy atom. The molecule has 0 aliphatic carbocycles. The van der Waals surface area contributed by atoms with Gasteiger partial charge >= 0.3 is 0 Å². The fraction of sp³-hybridized carbons (Fsp3) is 0.667. The third-order valence-electron chi connectivity index (χ3n) is 1.19. The average Bonchev–Trinajstić information content (AvgIpc) is 2.22. The van der Waals surface area contributed by atoms with Crippen LogP contribution in [0.2, 0.25) is 0 Å². The average molecular weight is 203 g/mol. The van der Waals surface area contributed by atoms with Crippen molar-refractivity contribution in [1.82, 2.24) is 4.90 Å². The lowest BCUT2D eigenvalue weighted by atomic mass is 10.3. The summed E-state index contributed by atoms with van der Waals surface area (Å²) in [5.74, 6) is -0.339. The van der Waals surface area contributed by atoms with Crippen LogP contribution in [-0.2, 0) is 19.1 Å². The fourth-order valence-electron chi connectivity index (χ4n) is 0.629. The molecule has 5 nitrogen and oxygen atoms in total. The maximum Gasteiger partial charge on any atom is 0.294 e. The van der Waals surface area contributed by atoms with Gasteiger partial charge in [-0.1, -0.05) is 20.8 Å². The molecule has 0 saturated heterocycles.